The number of hydrogen-bond acceptors (Lipinski definition) is 6. The van der Waals surface area contributed by atoms with E-state index in [4.69, 9.17) is 16.3 Å². The van der Waals surface area contributed by atoms with Crippen LogP contribution in [0.3, 0.4) is 0 Å². The van der Waals surface area contributed by atoms with Crippen LogP contribution in [0.4, 0.5) is 10.5 Å². The average Bonchev–Trinajstić information content (AvgIpc) is 3.27. The number of ether oxygens (including phenoxy) is 1. The topological polar surface area (TPSA) is 97.7 Å². The summed E-state index contributed by atoms with van der Waals surface area (Å²) >= 11 is 6.80. The first-order valence-corrected chi connectivity index (χ1v) is 11.0. The monoisotopic (exact) mass is 483 g/mol. The smallest absolute Gasteiger partial charge is 0.325 e. The van der Waals surface area contributed by atoms with E-state index in [1.807, 2.05) is 24.3 Å². The Hall–Kier alpha value is -3.56. The highest BCUT2D eigenvalue weighted by atomic mass is 35.5. The van der Waals surface area contributed by atoms with Crippen molar-refractivity contribution in [1.82, 2.24) is 9.47 Å². The molecule has 1 saturated heterocycles. The summed E-state index contributed by atoms with van der Waals surface area (Å²) in [5.74, 6) is -1.52. The molecular weight excluding hydrogens is 466 g/mol. The van der Waals surface area contributed by atoms with Crippen LogP contribution in [0, 0.1) is 0 Å². The Morgan fingerprint density at radius 3 is 2.58 bits per heavy atom. The number of nitrogens with zero attached hydrogens (tertiary/aromatic N) is 2. The lowest BCUT2D eigenvalue weighted by Gasteiger charge is -2.13. The highest BCUT2D eigenvalue weighted by molar-refractivity contribution is 8.18. The van der Waals surface area contributed by atoms with E-state index >= 15 is 0 Å². The maximum absolute atomic E-state index is 12.9. The molecule has 4 rings (SSSR count). The number of methoxy groups -OCH3 is 1. The van der Waals surface area contributed by atoms with Crippen LogP contribution in [0.2, 0.25) is 5.02 Å². The molecule has 0 unspecified atom stereocenters. The average molecular weight is 484 g/mol. The van der Waals surface area contributed by atoms with Crippen LogP contribution in [-0.4, -0.2) is 46.1 Å². The summed E-state index contributed by atoms with van der Waals surface area (Å²) in [6, 6.07) is 14.1. The van der Waals surface area contributed by atoms with Gasteiger partial charge in [-0.1, -0.05) is 41.9 Å². The number of aromatic nitrogens is 1. The Morgan fingerprint density at radius 2 is 1.82 bits per heavy atom. The van der Waals surface area contributed by atoms with Crippen molar-refractivity contribution in [3.05, 3.63) is 70.2 Å². The Balaban J connectivity index is 1.56. The second-order valence-electron chi connectivity index (χ2n) is 7.10. The van der Waals surface area contributed by atoms with Gasteiger partial charge in [0.2, 0.25) is 5.91 Å². The van der Waals surface area contributed by atoms with Crippen molar-refractivity contribution < 1.29 is 23.9 Å². The van der Waals surface area contributed by atoms with Crippen molar-refractivity contribution >= 4 is 69.1 Å². The molecule has 1 N–H and O–H groups in total. The molecule has 2 aromatic carbocycles. The number of esters is 1. The van der Waals surface area contributed by atoms with Crippen molar-refractivity contribution in [2.45, 2.75) is 6.54 Å². The molecule has 3 amide bonds. The van der Waals surface area contributed by atoms with E-state index in [0.717, 1.165) is 27.6 Å². The summed E-state index contributed by atoms with van der Waals surface area (Å²) in [4.78, 5) is 50.5. The number of thioether (sulfide) groups is 1. The van der Waals surface area contributed by atoms with Crippen molar-refractivity contribution in [3.63, 3.8) is 0 Å². The highest BCUT2D eigenvalue weighted by Gasteiger charge is 2.36. The molecule has 1 fully saturated rings. The Kier molecular flexibility index (Phi) is 6.52. The lowest BCUT2D eigenvalue weighted by atomic mass is 10.1. The first-order valence-electron chi connectivity index (χ1n) is 9.82. The minimum Gasteiger partial charge on any atom is -0.468 e. The van der Waals surface area contributed by atoms with Crippen molar-refractivity contribution in [2.75, 3.05) is 19.0 Å². The fraction of sp³-hybridized carbons (Fsp3) is 0.130. The van der Waals surface area contributed by atoms with Gasteiger partial charge in [-0.2, -0.15) is 0 Å². The molecule has 0 spiro atoms. The molecule has 10 heteroatoms. The second kappa shape index (κ2) is 9.51. The maximum Gasteiger partial charge on any atom is 0.325 e. The quantitative estimate of drug-likeness (QED) is 0.418. The molecule has 1 aromatic heterocycles. The molecule has 0 atom stereocenters. The van der Waals surface area contributed by atoms with E-state index in [1.165, 1.54) is 7.11 Å². The largest absolute Gasteiger partial charge is 0.468 e. The number of carbonyl (C=O) groups is 4. The number of imide groups is 1. The van der Waals surface area contributed by atoms with Crippen LogP contribution >= 0.6 is 23.4 Å². The van der Waals surface area contributed by atoms with Crippen LogP contribution < -0.4 is 5.32 Å². The number of nitrogens with one attached hydrogen (secondary N) is 1. The molecular formula is C23H18ClN3O5S. The van der Waals surface area contributed by atoms with Crippen LogP contribution in [-0.2, 0) is 25.7 Å². The van der Waals surface area contributed by atoms with Gasteiger partial charge in [-0.3, -0.25) is 24.1 Å². The molecule has 2 heterocycles. The zero-order chi connectivity index (χ0) is 23.5. The van der Waals surface area contributed by atoms with Gasteiger partial charge in [0, 0.05) is 22.7 Å². The third kappa shape index (κ3) is 4.79. The third-order valence-corrected chi connectivity index (χ3v) is 6.19. The number of benzene rings is 2. The van der Waals surface area contributed by atoms with Crippen LogP contribution in [0.1, 0.15) is 5.56 Å². The summed E-state index contributed by atoms with van der Waals surface area (Å²) in [7, 11) is 1.31. The third-order valence-electron chi connectivity index (χ3n) is 4.96. The van der Waals surface area contributed by atoms with Gasteiger partial charge in [0.05, 0.1) is 22.7 Å². The predicted molar refractivity (Wildman–Crippen MR) is 127 cm³/mol. The molecule has 1 aliphatic rings. The zero-order valence-corrected chi connectivity index (χ0v) is 19.0. The second-order valence-corrected chi connectivity index (χ2v) is 8.50. The van der Waals surface area contributed by atoms with Gasteiger partial charge in [-0.15, -0.1) is 0 Å². The van der Waals surface area contributed by atoms with Crippen molar-refractivity contribution in [2.24, 2.45) is 0 Å². The molecule has 0 saturated carbocycles. The summed E-state index contributed by atoms with van der Waals surface area (Å²) in [5, 5.41) is 3.22. The van der Waals surface area contributed by atoms with E-state index in [9.17, 15) is 19.2 Å². The Morgan fingerprint density at radius 1 is 1.09 bits per heavy atom. The number of amides is 3. The molecule has 8 nitrogen and oxygen atoms in total. The van der Waals surface area contributed by atoms with E-state index in [0.29, 0.717) is 16.3 Å². The number of anilines is 1. The molecule has 1 aliphatic heterocycles. The van der Waals surface area contributed by atoms with E-state index in [2.05, 4.69) is 5.32 Å². The van der Waals surface area contributed by atoms with Gasteiger partial charge in [0.1, 0.15) is 13.1 Å². The van der Waals surface area contributed by atoms with Gasteiger partial charge in [0.15, 0.2) is 0 Å². The number of rotatable bonds is 6. The summed E-state index contributed by atoms with van der Waals surface area (Å²) in [6.45, 7) is -0.425. The number of carbonyl (C=O) groups excluding carboxylic acids is 4. The van der Waals surface area contributed by atoms with E-state index in [1.54, 1.807) is 41.1 Å². The van der Waals surface area contributed by atoms with Gasteiger partial charge < -0.3 is 14.6 Å². The summed E-state index contributed by atoms with van der Waals surface area (Å²) < 4.78 is 6.46. The van der Waals surface area contributed by atoms with Gasteiger partial charge in [-0.05, 0) is 36.0 Å². The molecule has 0 radical (unpaired) electrons. The van der Waals surface area contributed by atoms with E-state index in [-0.39, 0.29) is 11.4 Å². The number of halogens is 1. The number of fused-ring (bicyclic) bond motifs is 1. The fourth-order valence-corrected chi connectivity index (χ4v) is 4.41. The van der Waals surface area contributed by atoms with Gasteiger partial charge in [-0.25, -0.2) is 0 Å². The first kappa shape index (κ1) is 22.6. The van der Waals surface area contributed by atoms with Gasteiger partial charge in [0.25, 0.3) is 11.1 Å². The first-order chi connectivity index (χ1) is 15.9. The number of para-hydroxylation sites is 2. The predicted octanol–water partition coefficient (Wildman–Crippen LogP) is 4.14. The zero-order valence-electron chi connectivity index (χ0n) is 17.4. The maximum atomic E-state index is 12.9. The number of hydrogen-bond donors (Lipinski definition) is 1. The van der Waals surface area contributed by atoms with E-state index < -0.39 is 29.6 Å². The Labute approximate surface area is 198 Å². The van der Waals surface area contributed by atoms with Crippen LogP contribution in [0.25, 0.3) is 17.0 Å². The normalized spacial score (nSPS) is 14.8. The molecule has 33 heavy (non-hydrogen) atoms. The highest BCUT2D eigenvalue weighted by Crippen LogP contribution is 2.34. The van der Waals surface area contributed by atoms with Crippen LogP contribution in [0.5, 0.6) is 0 Å². The molecule has 3 aromatic rings. The Bertz CT molecular complexity index is 1320. The molecule has 168 valence electrons. The SMILES string of the molecule is COC(=O)Cn1cc(/C=C2/SC(=O)N(CC(=O)Nc3ccccc3Cl)C2=O)c2ccccc21. The van der Waals surface area contributed by atoms with Crippen molar-refractivity contribution in [1.29, 1.82) is 0 Å². The minimum atomic E-state index is -0.566. The summed E-state index contributed by atoms with van der Waals surface area (Å²) in [6.07, 6.45) is 3.31. The van der Waals surface area contributed by atoms with Crippen molar-refractivity contribution in [3.8, 4) is 0 Å². The lowest BCUT2D eigenvalue weighted by Crippen LogP contribution is -2.36. The molecule has 0 bridgehead atoms. The van der Waals surface area contributed by atoms with Crippen LogP contribution in [0.15, 0.2) is 59.6 Å². The van der Waals surface area contributed by atoms with Gasteiger partial charge >= 0.3 is 5.97 Å². The molecule has 0 aliphatic carbocycles. The lowest BCUT2D eigenvalue weighted by molar-refractivity contribution is -0.141. The standard InChI is InChI=1S/C23H18ClN3O5S/c1-32-21(29)13-26-11-14(15-6-2-5-9-18(15)26)10-19-22(30)27(23(31)33-19)12-20(28)25-17-8-4-3-7-16(17)24/h2-11H,12-13H2,1H3,(H,25,28)/b19-10+. The summed E-state index contributed by atoms with van der Waals surface area (Å²) in [5.41, 5.74) is 1.85. The minimum absolute atomic E-state index is 0.00848. The fourth-order valence-electron chi connectivity index (χ4n) is 3.40.